The fourth-order valence-electron chi connectivity index (χ4n) is 3.22. The second-order valence-electron chi connectivity index (χ2n) is 6.53. The number of fused-ring (bicyclic) bond motifs is 3. The van der Waals surface area contributed by atoms with Gasteiger partial charge in [-0.25, -0.2) is 4.79 Å². The van der Waals surface area contributed by atoms with E-state index in [0.717, 1.165) is 6.07 Å². The number of aromatic carboxylic acids is 1. The van der Waals surface area contributed by atoms with Crippen LogP contribution in [0.3, 0.4) is 0 Å². The van der Waals surface area contributed by atoms with Gasteiger partial charge in [0.15, 0.2) is 11.5 Å². The smallest absolute Gasteiger partial charge is 0.417 e. The van der Waals surface area contributed by atoms with Crippen molar-refractivity contribution < 1.29 is 32.6 Å². The van der Waals surface area contributed by atoms with Gasteiger partial charge in [0.25, 0.3) is 5.91 Å². The van der Waals surface area contributed by atoms with Crippen molar-refractivity contribution >= 4 is 45.6 Å². The molecule has 3 N–H and O–H groups in total. The van der Waals surface area contributed by atoms with Crippen LogP contribution in [0, 0.1) is 0 Å². The van der Waals surface area contributed by atoms with Crippen LogP contribution in [0.1, 0.15) is 26.3 Å². The topological polar surface area (TPSA) is 87.7 Å². The number of benzene rings is 3. The Morgan fingerprint density at radius 3 is 2.40 bits per heavy atom. The van der Waals surface area contributed by atoms with E-state index in [0.29, 0.717) is 5.39 Å². The first-order valence-electron chi connectivity index (χ1n) is 8.51. The van der Waals surface area contributed by atoms with Crippen molar-refractivity contribution in [1.29, 1.82) is 0 Å². The number of rotatable bonds is 2. The van der Waals surface area contributed by atoms with E-state index in [9.17, 15) is 27.9 Å². The summed E-state index contributed by atoms with van der Waals surface area (Å²) in [5, 5.41) is 15.0. The number of alkyl halides is 3. The number of halogens is 4. The monoisotopic (exact) mass is 436 g/mol. The lowest BCUT2D eigenvalue weighted by Gasteiger charge is -2.24. The second kappa shape index (κ2) is 6.81. The molecule has 10 heteroatoms. The van der Waals surface area contributed by atoms with Crippen LogP contribution in [0.25, 0.3) is 10.8 Å². The summed E-state index contributed by atoms with van der Waals surface area (Å²) in [6, 6.07) is 7.56. The number of carbonyl (C=O) groups excluding carboxylic acids is 1. The van der Waals surface area contributed by atoms with Gasteiger partial charge in [0.2, 0.25) is 0 Å². The maximum absolute atomic E-state index is 13.2. The van der Waals surface area contributed by atoms with Gasteiger partial charge in [0, 0.05) is 12.6 Å². The zero-order valence-corrected chi connectivity index (χ0v) is 15.9. The van der Waals surface area contributed by atoms with E-state index in [-0.39, 0.29) is 39.4 Å². The second-order valence-corrected chi connectivity index (χ2v) is 6.94. The van der Waals surface area contributed by atoms with Crippen LogP contribution in [-0.4, -0.2) is 24.0 Å². The van der Waals surface area contributed by atoms with Gasteiger partial charge in [-0.05, 0) is 47.2 Å². The van der Waals surface area contributed by atoms with Crippen LogP contribution < -0.4 is 15.4 Å². The van der Waals surface area contributed by atoms with Crippen molar-refractivity contribution in [3.63, 3.8) is 0 Å². The number of hydrogen-bond acceptors (Lipinski definition) is 4. The van der Waals surface area contributed by atoms with E-state index in [1.807, 2.05) is 0 Å². The molecular weight excluding hydrogens is 425 g/mol. The molecular formula is C20H12ClF3N2O4. The molecule has 1 amide bonds. The van der Waals surface area contributed by atoms with Crippen LogP contribution in [0.2, 0.25) is 5.02 Å². The van der Waals surface area contributed by atoms with Gasteiger partial charge in [-0.15, -0.1) is 0 Å². The highest BCUT2D eigenvalue weighted by Crippen LogP contribution is 2.47. The first-order valence-corrected chi connectivity index (χ1v) is 8.89. The predicted octanol–water partition coefficient (Wildman–Crippen LogP) is 5.42. The third-order valence-corrected chi connectivity index (χ3v) is 4.94. The SMILES string of the molecule is CNC(=O)c1cc2c(c(C(=O)O)c1)Nc1cc3cc(C(F)(F)F)c(Cl)cc3cc1O2. The molecule has 4 rings (SSSR count). The highest BCUT2D eigenvalue weighted by Gasteiger charge is 2.34. The summed E-state index contributed by atoms with van der Waals surface area (Å²) in [7, 11) is 1.40. The van der Waals surface area contributed by atoms with Crippen molar-refractivity contribution in [1.82, 2.24) is 5.32 Å². The normalized spacial score (nSPS) is 12.4. The molecule has 30 heavy (non-hydrogen) atoms. The number of amides is 1. The molecule has 6 nitrogen and oxygen atoms in total. The van der Waals surface area contributed by atoms with E-state index in [4.69, 9.17) is 16.3 Å². The average Bonchev–Trinajstić information content (AvgIpc) is 2.67. The van der Waals surface area contributed by atoms with Crippen molar-refractivity contribution in [2.45, 2.75) is 6.18 Å². The van der Waals surface area contributed by atoms with Crippen molar-refractivity contribution in [2.24, 2.45) is 0 Å². The number of carbonyl (C=O) groups is 2. The Morgan fingerprint density at radius 2 is 1.77 bits per heavy atom. The standard InChI is InChI=1S/C20H12ClF3N2O4/c1-25-18(27)10-2-11(19(28)29)17-16(7-10)30-15-6-9-4-13(21)12(20(22,23)24)3-8(9)5-14(15)26-17/h2-7,26H,1H3,(H,25,27)(H,28,29). The molecule has 1 aliphatic rings. The zero-order chi connectivity index (χ0) is 21.8. The van der Waals surface area contributed by atoms with Crippen molar-refractivity contribution in [3.05, 3.63) is 58.1 Å². The summed E-state index contributed by atoms with van der Waals surface area (Å²) >= 11 is 5.79. The molecule has 0 bridgehead atoms. The average molecular weight is 437 g/mol. The molecule has 0 spiro atoms. The molecule has 0 saturated carbocycles. The fraction of sp³-hybridized carbons (Fsp3) is 0.100. The highest BCUT2D eigenvalue weighted by atomic mass is 35.5. The quantitative estimate of drug-likeness (QED) is 0.390. The van der Waals surface area contributed by atoms with E-state index >= 15 is 0 Å². The molecule has 0 saturated heterocycles. The van der Waals surface area contributed by atoms with E-state index < -0.39 is 28.6 Å². The molecule has 0 atom stereocenters. The van der Waals surface area contributed by atoms with Crippen LogP contribution >= 0.6 is 11.6 Å². The Labute approximate surface area is 172 Å². The fourth-order valence-corrected chi connectivity index (χ4v) is 3.50. The Kier molecular flexibility index (Phi) is 4.50. The molecule has 1 aliphatic heterocycles. The van der Waals surface area contributed by atoms with Crippen molar-refractivity contribution in [3.8, 4) is 11.5 Å². The summed E-state index contributed by atoms with van der Waals surface area (Å²) in [5.41, 5.74) is -0.746. The Hall–Kier alpha value is -3.46. The zero-order valence-electron chi connectivity index (χ0n) is 15.1. The molecule has 0 unspecified atom stereocenters. The van der Waals surface area contributed by atoms with Gasteiger partial charge in [-0.1, -0.05) is 11.6 Å². The number of carboxylic acids is 1. The lowest BCUT2D eigenvalue weighted by molar-refractivity contribution is -0.137. The van der Waals surface area contributed by atoms with Gasteiger partial charge in [-0.3, -0.25) is 4.79 Å². The maximum Gasteiger partial charge on any atom is 0.417 e. The summed E-state index contributed by atoms with van der Waals surface area (Å²) in [6.07, 6.45) is -4.62. The molecule has 154 valence electrons. The number of anilines is 2. The van der Waals surface area contributed by atoms with Crippen LogP contribution in [0.4, 0.5) is 24.5 Å². The Bertz CT molecular complexity index is 1240. The third-order valence-electron chi connectivity index (χ3n) is 4.63. The minimum atomic E-state index is -4.62. The molecule has 1 heterocycles. The summed E-state index contributed by atoms with van der Waals surface area (Å²) in [4.78, 5) is 23.6. The lowest BCUT2D eigenvalue weighted by Crippen LogP contribution is -2.19. The lowest BCUT2D eigenvalue weighted by atomic mass is 10.0. The first-order chi connectivity index (χ1) is 14.1. The van der Waals surface area contributed by atoms with Gasteiger partial charge >= 0.3 is 12.1 Å². The Balaban J connectivity index is 1.87. The largest absolute Gasteiger partial charge is 0.478 e. The van der Waals surface area contributed by atoms with Crippen LogP contribution in [0.5, 0.6) is 11.5 Å². The number of carboxylic acid groups (broad SMARTS) is 1. The maximum atomic E-state index is 13.2. The number of ether oxygens (including phenoxy) is 1. The van der Waals surface area contributed by atoms with Gasteiger partial charge in [0.1, 0.15) is 0 Å². The van der Waals surface area contributed by atoms with Crippen LogP contribution in [0.15, 0.2) is 36.4 Å². The molecule has 0 aliphatic carbocycles. The van der Waals surface area contributed by atoms with Crippen LogP contribution in [-0.2, 0) is 6.18 Å². The summed E-state index contributed by atoms with van der Waals surface area (Å²) in [5.74, 6) is -1.46. The molecule has 0 fully saturated rings. The minimum Gasteiger partial charge on any atom is -0.478 e. The summed E-state index contributed by atoms with van der Waals surface area (Å²) in [6.45, 7) is 0. The minimum absolute atomic E-state index is 0.0811. The molecule has 0 radical (unpaired) electrons. The highest BCUT2D eigenvalue weighted by molar-refractivity contribution is 6.32. The van der Waals surface area contributed by atoms with Gasteiger partial charge < -0.3 is 20.5 Å². The molecule has 3 aromatic carbocycles. The van der Waals surface area contributed by atoms with Gasteiger partial charge in [-0.2, -0.15) is 13.2 Å². The van der Waals surface area contributed by atoms with E-state index in [2.05, 4.69) is 10.6 Å². The summed E-state index contributed by atoms with van der Waals surface area (Å²) < 4.78 is 45.3. The Morgan fingerprint density at radius 1 is 1.07 bits per heavy atom. The van der Waals surface area contributed by atoms with E-state index in [1.54, 1.807) is 0 Å². The van der Waals surface area contributed by atoms with Gasteiger partial charge in [0.05, 0.1) is 27.5 Å². The predicted molar refractivity (Wildman–Crippen MR) is 104 cm³/mol. The molecule has 3 aromatic rings. The first kappa shape index (κ1) is 19.8. The van der Waals surface area contributed by atoms with Crippen molar-refractivity contribution in [2.75, 3.05) is 12.4 Å². The molecule has 0 aromatic heterocycles. The number of nitrogens with one attached hydrogen (secondary N) is 2. The number of hydrogen-bond donors (Lipinski definition) is 3. The third kappa shape index (κ3) is 3.26. The van der Waals surface area contributed by atoms with E-state index in [1.165, 1.54) is 37.4 Å².